The number of anilines is 6. The van der Waals surface area contributed by atoms with Crippen LogP contribution >= 0.6 is 0 Å². The third-order valence-corrected chi connectivity index (χ3v) is 16.3. The second-order valence-electron chi connectivity index (χ2n) is 20.8. The Morgan fingerprint density at radius 2 is 0.625 bits per heavy atom. The van der Waals surface area contributed by atoms with Crippen molar-refractivity contribution in [1.29, 1.82) is 0 Å². The minimum Gasteiger partial charge on any atom is -0.310 e. The number of hydrogen-bond donors (Lipinski definition) is 0. The Hall–Kier alpha value is -7.94. The highest BCUT2D eigenvalue weighted by molar-refractivity contribution is 6.26. The van der Waals surface area contributed by atoms with E-state index in [-0.39, 0.29) is 0 Å². The van der Waals surface area contributed by atoms with Gasteiger partial charge in [0.2, 0.25) is 0 Å². The van der Waals surface area contributed by atoms with E-state index in [4.69, 9.17) is 0 Å². The number of hydrogen-bond acceptors (Lipinski definition) is 2. The Labute approximate surface area is 424 Å². The van der Waals surface area contributed by atoms with Crippen molar-refractivity contribution in [3.8, 4) is 22.3 Å². The maximum atomic E-state index is 2.49. The van der Waals surface area contributed by atoms with Gasteiger partial charge in [0.05, 0.1) is 0 Å². The molecule has 2 saturated carbocycles. The molecule has 0 heterocycles. The van der Waals surface area contributed by atoms with Gasteiger partial charge in [-0.25, -0.2) is 0 Å². The van der Waals surface area contributed by atoms with Crippen LogP contribution in [0.5, 0.6) is 0 Å². The van der Waals surface area contributed by atoms with E-state index in [9.17, 15) is 0 Å². The molecule has 0 aromatic heterocycles. The van der Waals surface area contributed by atoms with Crippen LogP contribution in [-0.2, 0) is 0 Å². The highest BCUT2D eigenvalue weighted by Gasteiger charge is 2.25. The number of rotatable bonds is 10. The summed E-state index contributed by atoms with van der Waals surface area (Å²) in [4.78, 5) is 4.93. The highest BCUT2D eigenvalue weighted by Crippen LogP contribution is 2.51. The monoisotopic (exact) mass is 928 g/mol. The fraction of sp³-hybridized carbons (Fsp3) is 0.171. The second-order valence-corrected chi connectivity index (χ2v) is 20.8. The van der Waals surface area contributed by atoms with Gasteiger partial charge in [0, 0.05) is 34.1 Å². The lowest BCUT2D eigenvalue weighted by atomic mass is 9.83. The zero-order valence-corrected chi connectivity index (χ0v) is 41.5. The third-order valence-electron chi connectivity index (χ3n) is 16.3. The molecular weight excluding hydrogens is 869 g/mol. The molecule has 2 fully saturated rings. The van der Waals surface area contributed by atoms with Gasteiger partial charge in [-0.1, -0.05) is 182 Å². The SMILES string of the molecule is Cc1ccc(N(c2ccc(C3CCCC3)cc2)c2ccc3c(-c4cccc5ccccc45)c4cc(N(c5ccc(C)cc5)c5ccc(C6CCCC6)cc5)ccc4c(-c4cccc5ccccc45)c3c2)cc1. The lowest BCUT2D eigenvalue weighted by molar-refractivity contribution is 0.723. The van der Waals surface area contributed by atoms with Crippen LogP contribution in [0, 0.1) is 13.8 Å². The fourth-order valence-corrected chi connectivity index (χ4v) is 12.5. The maximum absolute atomic E-state index is 2.49. The minimum atomic E-state index is 0.656. The summed E-state index contributed by atoms with van der Waals surface area (Å²) in [5, 5.41) is 9.87. The van der Waals surface area contributed by atoms with E-state index in [0.29, 0.717) is 11.8 Å². The first-order valence-electron chi connectivity index (χ1n) is 26.5. The molecule has 2 nitrogen and oxygen atoms in total. The van der Waals surface area contributed by atoms with Crippen molar-refractivity contribution in [2.45, 2.75) is 77.0 Å². The summed E-state index contributed by atoms with van der Waals surface area (Å²) in [6, 6.07) is 83.1. The molecule has 2 aliphatic carbocycles. The quantitative estimate of drug-likeness (QED) is 0.126. The predicted molar refractivity (Wildman–Crippen MR) is 309 cm³/mol. The van der Waals surface area contributed by atoms with E-state index in [2.05, 4.69) is 242 Å². The van der Waals surface area contributed by atoms with Gasteiger partial charge in [-0.15, -0.1) is 0 Å². The van der Waals surface area contributed by atoms with Crippen molar-refractivity contribution in [1.82, 2.24) is 0 Å². The van der Waals surface area contributed by atoms with Crippen LogP contribution in [0.4, 0.5) is 34.1 Å². The van der Waals surface area contributed by atoms with Crippen LogP contribution in [-0.4, -0.2) is 0 Å². The lowest BCUT2D eigenvalue weighted by Gasteiger charge is -2.29. The summed E-state index contributed by atoms with van der Waals surface area (Å²) in [7, 11) is 0. The second kappa shape index (κ2) is 18.7. The molecule has 0 amide bonds. The number of nitrogens with zero attached hydrogens (tertiary/aromatic N) is 2. The summed E-state index contributed by atoms with van der Waals surface area (Å²) in [6.07, 6.45) is 10.5. The molecule has 11 aromatic rings. The summed E-state index contributed by atoms with van der Waals surface area (Å²) < 4.78 is 0. The number of fused-ring (bicyclic) bond motifs is 4. The summed E-state index contributed by atoms with van der Waals surface area (Å²) in [6.45, 7) is 4.35. The standard InChI is InChI=1S/C70H60N2/c1-47-25-33-55(34-26-47)71(57-37-29-51(30-38-57)49-13-3-4-14-49)59-41-43-65-67(45-59)69(63-23-11-19-53-17-7-9-21-61(53)63)66-44-42-60(46-68(66)70(65)64-24-12-20-54-18-8-10-22-62(54)64)72(56-35-27-48(2)28-36-56)58-39-31-52(32-40-58)50-15-5-6-16-50/h7-12,17-46,49-50H,3-6,13-16H2,1-2H3. The van der Waals surface area contributed by atoms with E-state index in [1.807, 2.05) is 0 Å². The first-order chi connectivity index (χ1) is 35.5. The normalized spacial score (nSPS) is 14.2. The average molecular weight is 929 g/mol. The Kier molecular flexibility index (Phi) is 11.4. The number of aryl methyl sites for hydroxylation is 2. The maximum Gasteiger partial charge on any atom is 0.0468 e. The fourth-order valence-electron chi connectivity index (χ4n) is 12.5. The van der Waals surface area contributed by atoms with Crippen molar-refractivity contribution < 1.29 is 0 Å². The van der Waals surface area contributed by atoms with E-state index in [0.717, 1.165) is 22.7 Å². The van der Waals surface area contributed by atoms with Crippen molar-refractivity contribution in [3.63, 3.8) is 0 Å². The lowest BCUT2D eigenvalue weighted by Crippen LogP contribution is -2.11. The Morgan fingerprint density at radius 3 is 1.01 bits per heavy atom. The smallest absolute Gasteiger partial charge is 0.0468 e. The van der Waals surface area contributed by atoms with Crippen LogP contribution in [0.2, 0.25) is 0 Å². The van der Waals surface area contributed by atoms with Crippen LogP contribution in [0.15, 0.2) is 218 Å². The highest BCUT2D eigenvalue weighted by atomic mass is 15.1. The molecule has 0 bridgehead atoms. The van der Waals surface area contributed by atoms with E-state index in [1.54, 1.807) is 0 Å². The first kappa shape index (κ1) is 44.0. The molecule has 0 aliphatic heterocycles. The molecule has 13 rings (SSSR count). The van der Waals surface area contributed by atoms with Gasteiger partial charge in [-0.2, -0.15) is 0 Å². The molecule has 2 heteroatoms. The summed E-state index contributed by atoms with van der Waals surface area (Å²) in [5.74, 6) is 1.31. The molecule has 2 aliphatic rings. The van der Waals surface area contributed by atoms with Crippen LogP contribution in [0.3, 0.4) is 0 Å². The van der Waals surface area contributed by atoms with Crippen molar-refractivity contribution in [2.24, 2.45) is 0 Å². The van der Waals surface area contributed by atoms with Crippen LogP contribution < -0.4 is 9.80 Å². The molecule has 0 radical (unpaired) electrons. The van der Waals surface area contributed by atoms with Gasteiger partial charge in [0.15, 0.2) is 0 Å². The molecule has 0 spiro atoms. The van der Waals surface area contributed by atoms with Gasteiger partial charge in [0.25, 0.3) is 0 Å². The minimum absolute atomic E-state index is 0.656. The zero-order chi connectivity index (χ0) is 48.1. The largest absolute Gasteiger partial charge is 0.310 e. The van der Waals surface area contributed by atoms with Gasteiger partial charge < -0.3 is 9.80 Å². The van der Waals surface area contributed by atoms with E-state index >= 15 is 0 Å². The topological polar surface area (TPSA) is 6.48 Å². The van der Waals surface area contributed by atoms with Gasteiger partial charge in [-0.3, -0.25) is 0 Å². The molecular formula is C70H60N2. The Morgan fingerprint density at radius 1 is 0.292 bits per heavy atom. The van der Waals surface area contributed by atoms with E-state index in [1.165, 1.54) is 150 Å². The molecule has 72 heavy (non-hydrogen) atoms. The van der Waals surface area contributed by atoms with Crippen molar-refractivity contribution >= 4 is 77.2 Å². The first-order valence-corrected chi connectivity index (χ1v) is 26.5. The third kappa shape index (κ3) is 8.00. The Bertz CT molecular complexity index is 3500. The van der Waals surface area contributed by atoms with Gasteiger partial charge in [-0.05, 0) is 201 Å². The molecule has 11 aromatic carbocycles. The van der Waals surface area contributed by atoms with Crippen molar-refractivity contribution in [2.75, 3.05) is 9.80 Å². The van der Waals surface area contributed by atoms with Gasteiger partial charge in [0.1, 0.15) is 0 Å². The van der Waals surface area contributed by atoms with Gasteiger partial charge >= 0.3 is 0 Å². The predicted octanol–water partition coefficient (Wildman–Crippen LogP) is 20.5. The summed E-state index contributed by atoms with van der Waals surface area (Å²) in [5.41, 5.74) is 17.3. The molecule has 0 saturated heterocycles. The summed E-state index contributed by atoms with van der Waals surface area (Å²) >= 11 is 0. The molecule has 0 atom stereocenters. The van der Waals surface area contributed by atoms with E-state index < -0.39 is 0 Å². The Balaban J connectivity index is 1.11. The molecule has 0 N–H and O–H groups in total. The number of benzene rings is 11. The van der Waals surface area contributed by atoms with Crippen LogP contribution in [0.1, 0.15) is 85.5 Å². The average Bonchev–Trinajstić information content (AvgIpc) is 4.19. The molecule has 350 valence electrons. The zero-order valence-electron chi connectivity index (χ0n) is 41.5. The van der Waals surface area contributed by atoms with Crippen LogP contribution in [0.25, 0.3) is 65.3 Å². The van der Waals surface area contributed by atoms with Crippen molar-refractivity contribution in [3.05, 3.63) is 241 Å². The molecule has 0 unspecified atom stereocenters.